The smallest absolute Gasteiger partial charge is 0.132 e. The van der Waals surface area contributed by atoms with E-state index in [2.05, 4.69) is 0 Å². The van der Waals surface area contributed by atoms with Gasteiger partial charge < -0.3 is 15.3 Å². The topological polar surface area (TPSA) is 60.7 Å². The van der Waals surface area contributed by atoms with Gasteiger partial charge >= 0.3 is 0 Å². The van der Waals surface area contributed by atoms with Crippen molar-refractivity contribution in [2.24, 2.45) is 0 Å². The largest absolute Gasteiger partial charge is 0.396 e. The van der Waals surface area contributed by atoms with Crippen LogP contribution in [0, 0.1) is 11.6 Å². The lowest BCUT2D eigenvalue weighted by molar-refractivity contribution is 0.00231. The van der Waals surface area contributed by atoms with E-state index >= 15 is 0 Å². The van der Waals surface area contributed by atoms with Gasteiger partial charge in [0.1, 0.15) is 17.7 Å². The molecule has 2 unspecified atom stereocenters. The van der Waals surface area contributed by atoms with Crippen molar-refractivity contribution in [2.75, 3.05) is 6.61 Å². The zero-order valence-corrected chi connectivity index (χ0v) is 7.90. The Balaban J connectivity index is 2.86. The molecule has 1 rings (SSSR count). The number of hydrogen-bond acceptors (Lipinski definition) is 3. The summed E-state index contributed by atoms with van der Waals surface area (Å²) in [6.45, 7) is -0.318. The Morgan fingerprint density at radius 3 is 2.40 bits per heavy atom. The normalized spacial score (nSPS) is 15.0. The second-order valence-corrected chi connectivity index (χ2v) is 3.19. The first-order valence-corrected chi connectivity index (χ1v) is 4.48. The van der Waals surface area contributed by atoms with Gasteiger partial charge in [-0.15, -0.1) is 0 Å². The summed E-state index contributed by atoms with van der Waals surface area (Å²) in [5.41, 5.74) is -0.183. The Morgan fingerprint density at radius 2 is 1.87 bits per heavy atom. The molecule has 0 saturated heterocycles. The van der Waals surface area contributed by atoms with E-state index in [1.807, 2.05) is 0 Å². The Labute approximate surface area is 85.6 Å². The van der Waals surface area contributed by atoms with E-state index in [-0.39, 0.29) is 18.6 Å². The first-order chi connectivity index (χ1) is 7.06. The Morgan fingerprint density at radius 1 is 1.20 bits per heavy atom. The maximum Gasteiger partial charge on any atom is 0.132 e. The van der Waals surface area contributed by atoms with Gasteiger partial charge in [0, 0.05) is 18.2 Å². The molecule has 84 valence electrons. The van der Waals surface area contributed by atoms with Crippen LogP contribution in [0.25, 0.3) is 0 Å². The van der Waals surface area contributed by atoms with Gasteiger partial charge in [0.2, 0.25) is 0 Å². The molecule has 0 saturated carbocycles. The van der Waals surface area contributed by atoms with Gasteiger partial charge in [-0.2, -0.15) is 0 Å². The number of benzene rings is 1. The quantitative estimate of drug-likeness (QED) is 0.698. The number of halogens is 2. The van der Waals surface area contributed by atoms with Gasteiger partial charge in [0.25, 0.3) is 0 Å². The van der Waals surface area contributed by atoms with E-state index < -0.39 is 23.8 Å². The lowest BCUT2D eigenvalue weighted by Crippen LogP contribution is -2.20. The molecule has 1 aromatic rings. The first kappa shape index (κ1) is 12.0. The molecule has 0 spiro atoms. The number of hydrogen-bond donors (Lipinski definition) is 3. The van der Waals surface area contributed by atoms with Crippen LogP contribution in [0.4, 0.5) is 8.78 Å². The maximum absolute atomic E-state index is 13.1. The minimum absolute atomic E-state index is 0.0714. The van der Waals surface area contributed by atoms with E-state index in [0.717, 1.165) is 12.1 Å². The van der Waals surface area contributed by atoms with Gasteiger partial charge in [-0.25, -0.2) is 8.78 Å². The third-order valence-corrected chi connectivity index (χ3v) is 2.07. The fourth-order valence-electron chi connectivity index (χ4n) is 1.24. The Hall–Kier alpha value is -1.04. The first-order valence-electron chi connectivity index (χ1n) is 4.48. The average molecular weight is 218 g/mol. The van der Waals surface area contributed by atoms with Gasteiger partial charge in [-0.05, 0) is 12.5 Å². The van der Waals surface area contributed by atoms with E-state index in [4.69, 9.17) is 5.11 Å². The molecule has 0 heterocycles. The fourth-order valence-corrected chi connectivity index (χ4v) is 1.24. The van der Waals surface area contributed by atoms with Gasteiger partial charge in [-0.1, -0.05) is 6.07 Å². The molecule has 5 heteroatoms. The lowest BCUT2D eigenvalue weighted by Gasteiger charge is -2.17. The maximum atomic E-state index is 13.1. The lowest BCUT2D eigenvalue weighted by atomic mass is 10.0. The molecule has 0 aromatic heterocycles. The average Bonchev–Trinajstić information content (AvgIpc) is 2.17. The predicted octanol–water partition coefficient (Wildman–Crippen LogP) is 0.741. The highest BCUT2D eigenvalue weighted by atomic mass is 19.1. The summed E-state index contributed by atoms with van der Waals surface area (Å²) in [7, 11) is 0. The molecule has 0 aliphatic carbocycles. The van der Waals surface area contributed by atoms with Crippen LogP contribution in [0.5, 0.6) is 0 Å². The van der Waals surface area contributed by atoms with Crippen LogP contribution in [0.1, 0.15) is 18.1 Å². The summed E-state index contributed by atoms with van der Waals surface area (Å²) >= 11 is 0. The van der Waals surface area contributed by atoms with Crippen LogP contribution in [-0.2, 0) is 0 Å². The monoisotopic (exact) mass is 218 g/mol. The minimum atomic E-state index is -1.46. The van der Waals surface area contributed by atoms with Crippen molar-refractivity contribution < 1.29 is 24.1 Å². The predicted molar refractivity (Wildman–Crippen MR) is 49.0 cm³/mol. The van der Waals surface area contributed by atoms with Crippen LogP contribution in [0.2, 0.25) is 0 Å². The molecule has 0 aliphatic rings. The number of aliphatic hydroxyl groups excluding tert-OH is 3. The molecule has 0 bridgehead atoms. The molecule has 2 atom stereocenters. The van der Waals surface area contributed by atoms with E-state index in [0.29, 0.717) is 6.07 Å². The summed E-state index contributed by atoms with van der Waals surface area (Å²) in [6.07, 6.45) is -2.80. The van der Waals surface area contributed by atoms with Gasteiger partial charge in [-0.3, -0.25) is 0 Å². The van der Waals surface area contributed by atoms with Crippen LogP contribution < -0.4 is 0 Å². The third-order valence-electron chi connectivity index (χ3n) is 2.07. The molecule has 3 N–H and O–H groups in total. The second kappa shape index (κ2) is 5.16. The van der Waals surface area contributed by atoms with E-state index in [9.17, 15) is 19.0 Å². The van der Waals surface area contributed by atoms with Gasteiger partial charge in [0.15, 0.2) is 0 Å². The summed E-state index contributed by atoms with van der Waals surface area (Å²) in [5.74, 6) is -1.67. The molecule has 0 radical (unpaired) electrons. The van der Waals surface area contributed by atoms with Crippen molar-refractivity contribution in [1.82, 2.24) is 0 Å². The molecule has 0 fully saturated rings. The molecule has 0 aliphatic heterocycles. The number of aliphatic hydroxyl groups is 3. The fraction of sp³-hybridized carbons (Fsp3) is 0.400. The molecule has 1 aromatic carbocycles. The van der Waals surface area contributed by atoms with Crippen LogP contribution in [-0.4, -0.2) is 28.0 Å². The van der Waals surface area contributed by atoms with E-state index in [1.54, 1.807) is 0 Å². The van der Waals surface area contributed by atoms with Gasteiger partial charge in [0.05, 0.1) is 6.10 Å². The molecule has 3 nitrogen and oxygen atoms in total. The molecular formula is C10H12F2O3. The zero-order chi connectivity index (χ0) is 11.4. The van der Waals surface area contributed by atoms with Crippen LogP contribution >= 0.6 is 0 Å². The third kappa shape index (κ3) is 2.95. The highest BCUT2D eigenvalue weighted by molar-refractivity contribution is 5.21. The summed E-state index contributed by atoms with van der Waals surface area (Å²) in [6, 6.07) is 2.69. The zero-order valence-electron chi connectivity index (χ0n) is 7.90. The highest BCUT2D eigenvalue weighted by Gasteiger charge is 2.21. The van der Waals surface area contributed by atoms with E-state index in [1.165, 1.54) is 0 Å². The molecule has 15 heavy (non-hydrogen) atoms. The number of rotatable bonds is 4. The van der Waals surface area contributed by atoms with Crippen molar-refractivity contribution >= 4 is 0 Å². The summed E-state index contributed by atoms with van der Waals surface area (Å²) in [5, 5.41) is 27.3. The summed E-state index contributed by atoms with van der Waals surface area (Å²) < 4.78 is 25.7. The van der Waals surface area contributed by atoms with Crippen molar-refractivity contribution in [3.63, 3.8) is 0 Å². The van der Waals surface area contributed by atoms with Crippen LogP contribution in [0.15, 0.2) is 18.2 Å². The second-order valence-electron chi connectivity index (χ2n) is 3.19. The van der Waals surface area contributed by atoms with Crippen molar-refractivity contribution in [3.05, 3.63) is 35.4 Å². The highest BCUT2D eigenvalue weighted by Crippen LogP contribution is 2.22. The molecular weight excluding hydrogens is 206 g/mol. The van der Waals surface area contributed by atoms with Crippen molar-refractivity contribution in [2.45, 2.75) is 18.6 Å². The molecule has 0 amide bonds. The van der Waals surface area contributed by atoms with Crippen molar-refractivity contribution in [3.8, 4) is 0 Å². The standard InChI is InChI=1S/C10H12F2O3/c11-6-1-2-7(8(12)5-6)10(15)9(14)3-4-13/h1-2,5,9-10,13-15H,3-4H2. The minimum Gasteiger partial charge on any atom is -0.396 e. The Kier molecular flexibility index (Phi) is 4.14. The van der Waals surface area contributed by atoms with Crippen LogP contribution in [0.3, 0.4) is 0 Å². The Bertz CT molecular complexity index is 330. The van der Waals surface area contributed by atoms with Crippen molar-refractivity contribution in [1.29, 1.82) is 0 Å². The summed E-state index contributed by atoms with van der Waals surface area (Å²) in [4.78, 5) is 0. The SMILES string of the molecule is OCCC(O)C(O)c1ccc(F)cc1F.